The number of hydrogen-bond acceptors (Lipinski definition) is 4. The molecule has 0 aliphatic rings. The molecule has 0 aliphatic carbocycles. The minimum Gasteiger partial charge on any atom is -0.493 e. The van der Waals surface area contributed by atoms with E-state index in [4.69, 9.17) is 18.9 Å². The van der Waals surface area contributed by atoms with Gasteiger partial charge in [-0.15, -0.1) is 0 Å². The highest BCUT2D eigenvalue weighted by molar-refractivity contribution is 9.09. The summed E-state index contributed by atoms with van der Waals surface area (Å²) in [5.74, 6) is 4.25. The molecule has 0 heterocycles. The van der Waals surface area contributed by atoms with Crippen LogP contribution in [0.2, 0.25) is 0 Å². The van der Waals surface area contributed by atoms with E-state index < -0.39 is 0 Å². The van der Waals surface area contributed by atoms with Gasteiger partial charge in [0.15, 0.2) is 23.0 Å². The van der Waals surface area contributed by atoms with Crippen LogP contribution in [0.15, 0.2) is 36.4 Å². The molecular weight excluding hydrogens is 536 g/mol. The maximum atomic E-state index is 5.54. The molecule has 2 rings (SSSR count). The molecule has 0 spiro atoms. The van der Waals surface area contributed by atoms with Crippen molar-refractivity contribution in [3.8, 4) is 23.0 Å². The van der Waals surface area contributed by atoms with Crippen molar-refractivity contribution >= 4 is 31.9 Å². The number of methoxy groups -OCH3 is 4. The number of ether oxygens (including phenoxy) is 4. The zero-order valence-corrected chi connectivity index (χ0v) is 22.8. The van der Waals surface area contributed by atoms with Crippen molar-refractivity contribution in [3.63, 3.8) is 0 Å². The second-order valence-corrected chi connectivity index (χ2v) is 9.56. The van der Waals surface area contributed by atoms with Gasteiger partial charge in [-0.2, -0.15) is 0 Å². The molecule has 0 amide bonds. The highest BCUT2D eigenvalue weighted by Gasteiger charge is 2.23. The van der Waals surface area contributed by atoms with E-state index in [0.29, 0.717) is 11.8 Å². The second kappa shape index (κ2) is 14.7. The van der Waals surface area contributed by atoms with Gasteiger partial charge in [0.25, 0.3) is 0 Å². The monoisotopic (exact) mass is 570 g/mol. The van der Waals surface area contributed by atoms with Crippen LogP contribution in [0.1, 0.15) is 36.8 Å². The summed E-state index contributed by atoms with van der Waals surface area (Å²) in [5.41, 5.74) is 2.57. The number of halogens is 2. The van der Waals surface area contributed by atoms with Crippen molar-refractivity contribution in [3.05, 3.63) is 47.5 Å². The molecule has 0 unspecified atom stereocenters. The molecule has 178 valence electrons. The van der Waals surface area contributed by atoms with E-state index >= 15 is 0 Å². The average molecular weight is 572 g/mol. The first-order valence-electron chi connectivity index (χ1n) is 11.1. The van der Waals surface area contributed by atoms with E-state index in [0.717, 1.165) is 52.9 Å². The highest BCUT2D eigenvalue weighted by atomic mass is 79.9. The minimum atomic E-state index is 0.552. The van der Waals surface area contributed by atoms with Gasteiger partial charge in [-0.05, 0) is 79.3 Å². The Balaban J connectivity index is 2.27. The Hall–Kier alpha value is -1.40. The van der Waals surface area contributed by atoms with Crippen molar-refractivity contribution in [2.24, 2.45) is 11.8 Å². The summed E-state index contributed by atoms with van der Waals surface area (Å²) in [5, 5.41) is 2.04. The summed E-state index contributed by atoms with van der Waals surface area (Å²) >= 11 is 7.29. The van der Waals surface area contributed by atoms with E-state index in [1.807, 2.05) is 12.1 Å². The first-order valence-corrected chi connectivity index (χ1v) is 13.4. The molecule has 32 heavy (non-hydrogen) atoms. The van der Waals surface area contributed by atoms with E-state index in [1.165, 1.54) is 30.4 Å². The lowest BCUT2D eigenvalue weighted by atomic mass is 9.78. The van der Waals surface area contributed by atoms with Crippen LogP contribution in [0.5, 0.6) is 23.0 Å². The fourth-order valence-corrected chi connectivity index (χ4v) is 5.26. The lowest BCUT2D eigenvalue weighted by Gasteiger charge is -2.28. The number of rotatable bonds is 15. The summed E-state index contributed by atoms with van der Waals surface area (Å²) in [6, 6.07) is 12.6. The molecule has 0 radical (unpaired) electrons. The second-order valence-electron chi connectivity index (χ2n) is 7.97. The lowest BCUT2D eigenvalue weighted by molar-refractivity contribution is 0.293. The molecule has 0 aromatic heterocycles. The van der Waals surface area contributed by atoms with Crippen LogP contribution in [0.4, 0.5) is 0 Å². The van der Waals surface area contributed by atoms with E-state index in [9.17, 15) is 0 Å². The molecular formula is C26H36Br2O4. The van der Waals surface area contributed by atoms with Crippen LogP contribution in [0, 0.1) is 11.8 Å². The van der Waals surface area contributed by atoms with Gasteiger partial charge in [0, 0.05) is 10.7 Å². The van der Waals surface area contributed by atoms with Gasteiger partial charge in [0.1, 0.15) is 0 Å². The van der Waals surface area contributed by atoms with Gasteiger partial charge in [0.05, 0.1) is 28.4 Å². The molecule has 2 aromatic rings. The van der Waals surface area contributed by atoms with Crippen LogP contribution in [0.3, 0.4) is 0 Å². The van der Waals surface area contributed by atoms with E-state index in [1.54, 1.807) is 28.4 Å². The van der Waals surface area contributed by atoms with Crippen LogP contribution in [0.25, 0.3) is 0 Å². The molecule has 0 saturated carbocycles. The average Bonchev–Trinajstić information content (AvgIpc) is 2.83. The SMILES string of the molecule is COc1ccc(C[C@@H](CCBr)[C@H](CCCCBr)Cc2ccc(OC)c(OC)c2)cc1OC. The Morgan fingerprint density at radius 2 is 1.06 bits per heavy atom. The van der Waals surface area contributed by atoms with Gasteiger partial charge in [0.2, 0.25) is 0 Å². The maximum absolute atomic E-state index is 5.54. The third-order valence-corrected chi connectivity index (χ3v) is 7.02. The topological polar surface area (TPSA) is 36.9 Å². The first-order chi connectivity index (χ1) is 15.6. The highest BCUT2D eigenvalue weighted by Crippen LogP contribution is 2.35. The van der Waals surface area contributed by atoms with Crippen molar-refractivity contribution < 1.29 is 18.9 Å². The third kappa shape index (κ3) is 7.87. The third-order valence-electron chi connectivity index (χ3n) is 6.00. The fraction of sp³-hybridized carbons (Fsp3) is 0.538. The first kappa shape index (κ1) is 26.8. The molecule has 2 aromatic carbocycles. The number of benzene rings is 2. The van der Waals surface area contributed by atoms with Crippen LogP contribution in [-0.4, -0.2) is 39.1 Å². The molecule has 0 saturated heterocycles. The van der Waals surface area contributed by atoms with E-state index in [2.05, 4.69) is 56.1 Å². The molecule has 0 fully saturated rings. The Bertz CT molecular complexity index is 812. The van der Waals surface area contributed by atoms with Crippen molar-refractivity contribution in [2.45, 2.75) is 38.5 Å². The molecule has 0 bridgehead atoms. The van der Waals surface area contributed by atoms with Gasteiger partial charge in [-0.25, -0.2) is 0 Å². The number of alkyl halides is 2. The predicted octanol–water partition coefficient (Wildman–Crippen LogP) is 7.09. The van der Waals surface area contributed by atoms with Crippen LogP contribution >= 0.6 is 31.9 Å². The Morgan fingerprint density at radius 1 is 0.594 bits per heavy atom. The zero-order chi connectivity index (χ0) is 23.3. The molecule has 2 atom stereocenters. The van der Waals surface area contributed by atoms with Gasteiger partial charge < -0.3 is 18.9 Å². The van der Waals surface area contributed by atoms with Crippen molar-refractivity contribution in [1.29, 1.82) is 0 Å². The fourth-order valence-electron chi connectivity index (χ4n) is 4.27. The smallest absolute Gasteiger partial charge is 0.160 e. The van der Waals surface area contributed by atoms with Crippen molar-refractivity contribution in [2.75, 3.05) is 39.1 Å². The largest absolute Gasteiger partial charge is 0.493 e. The lowest BCUT2D eigenvalue weighted by Crippen LogP contribution is -2.21. The standard InChI is InChI=1S/C26H36Br2O4/c1-29-23-10-8-19(17-25(23)31-3)15-21(7-5-6-13-27)22(12-14-28)16-20-9-11-24(30-2)26(18-20)32-4/h8-11,17-18,21-22H,5-7,12-16H2,1-4H3/t21-,22-/m1/s1. The summed E-state index contributed by atoms with van der Waals surface area (Å²) in [6.45, 7) is 0. The molecule has 6 heteroatoms. The molecule has 0 N–H and O–H groups in total. The summed E-state index contributed by atoms with van der Waals surface area (Å²) in [7, 11) is 6.74. The summed E-state index contributed by atoms with van der Waals surface area (Å²) < 4.78 is 21.9. The van der Waals surface area contributed by atoms with Crippen molar-refractivity contribution in [1.82, 2.24) is 0 Å². The summed E-state index contributed by atoms with van der Waals surface area (Å²) in [4.78, 5) is 0. The Labute approximate surface area is 210 Å². The van der Waals surface area contributed by atoms with Gasteiger partial charge >= 0.3 is 0 Å². The van der Waals surface area contributed by atoms with Gasteiger partial charge in [-0.1, -0.05) is 50.4 Å². The van der Waals surface area contributed by atoms with Gasteiger partial charge in [-0.3, -0.25) is 0 Å². The Morgan fingerprint density at radius 3 is 1.47 bits per heavy atom. The number of unbranched alkanes of at least 4 members (excludes halogenated alkanes) is 1. The van der Waals surface area contributed by atoms with E-state index in [-0.39, 0.29) is 0 Å². The quantitative estimate of drug-likeness (QED) is 0.169. The summed E-state index contributed by atoms with van der Waals surface area (Å²) in [6.07, 6.45) is 6.77. The number of hydrogen-bond donors (Lipinski definition) is 0. The minimum absolute atomic E-state index is 0.552. The zero-order valence-electron chi connectivity index (χ0n) is 19.7. The van der Waals surface area contributed by atoms with Crippen LogP contribution < -0.4 is 18.9 Å². The maximum Gasteiger partial charge on any atom is 0.160 e. The molecule has 4 nitrogen and oxygen atoms in total. The normalized spacial score (nSPS) is 12.8. The van der Waals surface area contributed by atoms with Crippen LogP contribution in [-0.2, 0) is 12.8 Å². The Kier molecular flexibility index (Phi) is 12.3. The molecule has 0 aliphatic heterocycles. The predicted molar refractivity (Wildman–Crippen MR) is 140 cm³/mol.